The smallest absolute Gasteiger partial charge is 0.185 e. The van der Waals surface area contributed by atoms with E-state index in [1.807, 2.05) is 0 Å². The maximum Gasteiger partial charge on any atom is 0.185 e. The number of nitrogens with two attached hydrogens (primary N) is 1. The quantitative estimate of drug-likeness (QED) is 0.462. The normalized spacial score (nSPS) is 20.6. The lowest BCUT2D eigenvalue weighted by Crippen LogP contribution is -2.20. The predicted molar refractivity (Wildman–Crippen MR) is 37.8 cm³/mol. The zero-order valence-electron chi connectivity index (χ0n) is 5.02. The van der Waals surface area contributed by atoms with E-state index < -0.39 is 0 Å². The summed E-state index contributed by atoms with van der Waals surface area (Å²) in [6.45, 7) is 0. The Balaban J connectivity index is 2.52. The number of hydrogen-bond acceptors (Lipinski definition) is 4. The zero-order chi connectivity index (χ0) is 6.97. The number of aliphatic imine (C=N–C) groups is 3. The number of rotatable bonds is 0. The molecule has 0 aromatic rings. The average Bonchev–Trinajstić information content (AvgIpc) is 2.36. The Morgan fingerprint density at radius 1 is 1.20 bits per heavy atom. The van der Waals surface area contributed by atoms with Crippen LogP contribution >= 0.6 is 0 Å². The third kappa shape index (κ3) is 0.540. The lowest BCUT2D eigenvalue weighted by Gasteiger charge is -2.04. The Bertz CT molecular complexity index is 282. The van der Waals surface area contributed by atoms with Crippen LogP contribution in [-0.4, -0.2) is 18.5 Å². The van der Waals surface area contributed by atoms with Crippen LogP contribution in [0, 0.1) is 0 Å². The largest absolute Gasteiger partial charge is 0.382 e. The van der Waals surface area contributed by atoms with Gasteiger partial charge in [-0.15, -0.1) is 0 Å². The molecule has 0 atom stereocenters. The fourth-order valence-electron chi connectivity index (χ4n) is 0.742. The number of amidine groups is 1. The van der Waals surface area contributed by atoms with Crippen molar-refractivity contribution in [3.63, 3.8) is 0 Å². The van der Waals surface area contributed by atoms with Crippen molar-refractivity contribution in [2.24, 2.45) is 20.7 Å². The van der Waals surface area contributed by atoms with Gasteiger partial charge in [0.05, 0.1) is 0 Å². The molecule has 49 valence electrons. The van der Waals surface area contributed by atoms with Crippen molar-refractivity contribution in [2.75, 3.05) is 0 Å². The number of fused-ring (bicyclic) bond motifs is 1. The Kier molecular flexibility index (Phi) is 0.858. The van der Waals surface area contributed by atoms with E-state index in [-0.39, 0.29) is 0 Å². The van der Waals surface area contributed by atoms with E-state index in [9.17, 15) is 0 Å². The summed E-state index contributed by atoms with van der Waals surface area (Å²) < 4.78 is 0. The molecule has 2 rings (SSSR count). The highest BCUT2D eigenvalue weighted by molar-refractivity contribution is 6.11. The number of hydrogen-bond donors (Lipinski definition) is 1. The van der Waals surface area contributed by atoms with Crippen molar-refractivity contribution in [3.05, 3.63) is 11.5 Å². The van der Waals surface area contributed by atoms with Crippen LogP contribution in [0.4, 0.5) is 0 Å². The van der Waals surface area contributed by atoms with E-state index >= 15 is 0 Å². The predicted octanol–water partition coefficient (Wildman–Crippen LogP) is -0.799. The van der Waals surface area contributed by atoms with Gasteiger partial charge in [0, 0.05) is 0 Å². The van der Waals surface area contributed by atoms with E-state index in [0.717, 1.165) is 0 Å². The second kappa shape index (κ2) is 1.66. The van der Waals surface area contributed by atoms with Crippen LogP contribution in [0.1, 0.15) is 0 Å². The minimum Gasteiger partial charge on any atom is -0.382 e. The molecule has 5 nitrogen and oxygen atoms in total. The molecule has 0 bridgehead atoms. The molecular formula is C5H4N5. The Morgan fingerprint density at radius 3 is 2.90 bits per heavy atom. The molecule has 0 spiro atoms. The standard InChI is InChI=1S/C5H4N5/c6-4-3-5(9-1-7-3)10-2-8-4/h1-2H,6H2. The van der Waals surface area contributed by atoms with Crippen molar-refractivity contribution in [1.29, 1.82) is 0 Å². The molecule has 0 aromatic carbocycles. The van der Waals surface area contributed by atoms with Gasteiger partial charge in [-0.3, -0.25) is 0 Å². The molecule has 2 heterocycles. The lowest BCUT2D eigenvalue weighted by atomic mass is 10.4. The van der Waals surface area contributed by atoms with Gasteiger partial charge in [-0.25, -0.2) is 20.3 Å². The molecule has 10 heavy (non-hydrogen) atoms. The minimum absolute atomic E-state index is 0.377. The van der Waals surface area contributed by atoms with Gasteiger partial charge in [0.2, 0.25) is 0 Å². The van der Waals surface area contributed by atoms with Crippen molar-refractivity contribution in [3.8, 4) is 0 Å². The highest BCUT2D eigenvalue weighted by atomic mass is 15.2. The first kappa shape index (κ1) is 5.16. The van der Waals surface area contributed by atoms with Crippen molar-refractivity contribution < 1.29 is 0 Å². The molecular weight excluding hydrogens is 130 g/mol. The van der Waals surface area contributed by atoms with E-state index in [4.69, 9.17) is 5.73 Å². The fraction of sp³-hybridized carbons (Fsp3) is 0. The van der Waals surface area contributed by atoms with Gasteiger partial charge in [0.15, 0.2) is 17.4 Å². The average molecular weight is 134 g/mol. The molecule has 1 radical (unpaired) electrons. The van der Waals surface area contributed by atoms with Gasteiger partial charge in [-0.05, 0) is 0 Å². The minimum atomic E-state index is 0.377. The van der Waals surface area contributed by atoms with Crippen LogP contribution in [0.3, 0.4) is 0 Å². The van der Waals surface area contributed by atoms with Crippen LogP contribution in [0.25, 0.3) is 0 Å². The lowest BCUT2D eigenvalue weighted by molar-refractivity contribution is 1.04. The molecule has 2 aliphatic rings. The molecule has 0 unspecified atom stereocenters. The maximum atomic E-state index is 5.45. The molecule has 0 saturated carbocycles. The highest BCUT2D eigenvalue weighted by Gasteiger charge is 2.16. The first-order chi connectivity index (χ1) is 4.88. The van der Waals surface area contributed by atoms with Gasteiger partial charge < -0.3 is 5.73 Å². The van der Waals surface area contributed by atoms with Crippen LogP contribution in [0.5, 0.6) is 0 Å². The third-order valence-electron chi connectivity index (χ3n) is 1.20. The summed E-state index contributed by atoms with van der Waals surface area (Å²) in [7, 11) is 0. The first-order valence-electron chi connectivity index (χ1n) is 2.72. The van der Waals surface area contributed by atoms with Crippen LogP contribution < -0.4 is 11.1 Å². The van der Waals surface area contributed by atoms with E-state index in [2.05, 4.69) is 20.3 Å². The number of nitrogens with zero attached hydrogens (tertiary/aromatic N) is 4. The summed E-state index contributed by atoms with van der Waals surface area (Å²) in [6, 6.07) is 0. The summed E-state index contributed by atoms with van der Waals surface area (Å²) >= 11 is 0. The maximum absolute atomic E-state index is 5.45. The monoisotopic (exact) mass is 134 g/mol. The van der Waals surface area contributed by atoms with Gasteiger partial charge in [0.25, 0.3) is 0 Å². The van der Waals surface area contributed by atoms with Gasteiger partial charge in [0.1, 0.15) is 12.7 Å². The molecule has 0 aliphatic carbocycles. The second-order valence-corrected chi connectivity index (χ2v) is 1.80. The zero-order valence-corrected chi connectivity index (χ0v) is 5.02. The fourth-order valence-corrected chi connectivity index (χ4v) is 0.742. The van der Waals surface area contributed by atoms with Crippen molar-refractivity contribution in [1.82, 2.24) is 5.32 Å². The van der Waals surface area contributed by atoms with Gasteiger partial charge in [-0.2, -0.15) is 0 Å². The van der Waals surface area contributed by atoms with Crippen molar-refractivity contribution in [2.45, 2.75) is 0 Å². The molecule has 2 aliphatic heterocycles. The first-order valence-corrected chi connectivity index (χ1v) is 2.72. The topological polar surface area (TPSA) is 77.2 Å². The summed E-state index contributed by atoms with van der Waals surface area (Å²) in [6.07, 6.45) is 2.78. The second-order valence-electron chi connectivity index (χ2n) is 1.80. The molecule has 0 fully saturated rings. The summed E-state index contributed by atoms with van der Waals surface area (Å²) in [5.41, 5.74) is 6.02. The summed E-state index contributed by atoms with van der Waals surface area (Å²) in [5, 5.41) is 3.74. The molecule has 0 aromatic heterocycles. The van der Waals surface area contributed by atoms with Gasteiger partial charge >= 0.3 is 0 Å². The molecule has 0 amide bonds. The van der Waals surface area contributed by atoms with E-state index in [1.165, 1.54) is 12.7 Å². The Morgan fingerprint density at radius 2 is 2.10 bits per heavy atom. The van der Waals surface area contributed by atoms with Crippen LogP contribution in [-0.2, 0) is 0 Å². The molecule has 0 saturated heterocycles. The molecule has 5 heteroatoms. The van der Waals surface area contributed by atoms with Gasteiger partial charge in [-0.1, -0.05) is 0 Å². The van der Waals surface area contributed by atoms with Crippen LogP contribution in [0.15, 0.2) is 26.5 Å². The summed E-state index contributed by atoms with van der Waals surface area (Å²) in [5.74, 6) is 0.926. The SMILES string of the molecule is NC1=C2N=CN=C2N=C[N]1. The highest BCUT2D eigenvalue weighted by Crippen LogP contribution is 2.11. The van der Waals surface area contributed by atoms with Crippen molar-refractivity contribution >= 4 is 18.5 Å². The van der Waals surface area contributed by atoms with Crippen LogP contribution in [0.2, 0.25) is 0 Å². The Labute approximate surface area is 57.1 Å². The third-order valence-corrected chi connectivity index (χ3v) is 1.20. The van der Waals surface area contributed by atoms with E-state index in [0.29, 0.717) is 17.4 Å². The summed E-state index contributed by atoms with van der Waals surface area (Å²) in [4.78, 5) is 11.5. The Hall–Kier alpha value is -1.65. The molecule has 2 N–H and O–H groups in total. The van der Waals surface area contributed by atoms with E-state index in [1.54, 1.807) is 0 Å².